The minimum atomic E-state index is -0.149. The van der Waals surface area contributed by atoms with Gasteiger partial charge >= 0.3 is 0 Å². The molecule has 26 heavy (non-hydrogen) atoms. The summed E-state index contributed by atoms with van der Waals surface area (Å²) in [6.45, 7) is 1.36. The van der Waals surface area contributed by atoms with Crippen LogP contribution in [0.25, 0.3) is 0 Å². The van der Waals surface area contributed by atoms with E-state index in [2.05, 4.69) is 5.32 Å². The van der Waals surface area contributed by atoms with Crippen molar-refractivity contribution < 1.29 is 9.59 Å². The standard InChI is InChI=1S/C21H23ClN2O2/c22-19-9-5-4-8-18(19)21(26)23-17-12-14-24(15-13-17)20(25)11-10-16-6-2-1-3-7-16/h1-9,17H,10-15H2,(H,23,26). The van der Waals surface area contributed by atoms with Gasteiger partial charge in [-0.25, -0.2) is 0 Å². The smallest absolute Gasteiger partial charge is 0.253 e. The van der Waals surface area contributed by atoms with Crippen molar-refractivity contribution in [2.24, 2.45) is 0 Å². The predicted octanol–water partition coefficient (Wildman–Crippen LogP) is 3.69. The Morgan fingerprint density at radius 2 is 1.65 bits per heavy atom. The lowest BCUT2D eigenvalue weighted by Crippen LogP contribution is -2.46. The number of carbonyl (C=O) groups is 2. The Hall–Kier alpha value is -2.33. The Morgan fingerprint density at radius 3 is 2.35 bits per heavy atom. The molecule has 0 unspecified atom stereocenters. The molecule has 5 heteroatoms. The second-order valence-electron chi connectivity index (χ2n) is 6.59. The van der Waals surface area contributed by atoms with Gasteiger partial charge in [0.25, 0.3) is 5.91 Å². The van der Waals surface area contributed by atoms with Crippen molar-refractivity contribution in [2.75, 3.05) is 13.1 Å². The highest BCUT2D eigenvalue weighted by Gasteiger charge is 2.24. The summed E-state index contributed by atoms with van der Waals surface area (Å²) in [4.78, 5) is 26.6. The summed E-state index contributed by atoms with van der Waals surface area (Å²) in [5.74, 6) is 0.0363. The van der Waals surface area contributed by atoms with E-state index in [0.717, 1.165) is 19.3 Å². The highest BCUT2D eigenvalue weighted by Crippen LogP contribution is 2.17. The molecule has 136 valence electrons. The van der Waals surface area contributed by atoms with Crippen LogP contribution in [0.2, 0.25) is 5.02 Å². The minimum absolute atomic E-state index is 0.0805. The lowest BCUT2D eigenvalue weighted by Gasteiger charge is -2.32. The number of piperidine rings is 1. The van der Waals surface area contributed by atoms with E-state index < -0.39 is 0 Å². The molecule has 2 aromatic carbocycles. The predicted molar refractivity (Wildman–Crippen MR) is 103 cm³/mol. The zero-order valence-electron chi connectivity index (χ0n) is 14.7. The lowest BCUT2D eigenvalue weighted by atomic mass is 10.0. The number of hydrogen-bond acceptors (Lipinski definition) is 2. The molecule has 1 heterocycles. The molecule has 3 rings (SSSR count). The van der Waals surface area contributed by atoms with Crippen LogP contribution in [0, 0.1) is 0 Å². The molecule has 1 saturated heterocycles. The summed E-state index contributed by atoms with van der Waals surface area (Å²) in [7, 11) is 0. The third-order valence-electron chi connectivity index (χ3n) is 4.77. The minimum Gasteiger partial charge on any atom is -0.349 e. The van der Waals surface area contributed by atoms with Crippen molar-refractivity contribution in [2.45, 2.75) is 31.7 Å². The van der Waals surface area contributed by atoms with Crippen LogP contribution in [-0.2, 0) is 11.2 Å². The zero-order chi connectivity index (χ0) is 18.4. The van der Waals surface area contributed by atoms with Crippen LogP contribution in [-0.4, -0.2) is 35.8 Å². The summed E-state index contributed by atoms with van der Waals surface area (Å²) in [5.41, 5.74) is 1.68. The van der Waals surface area contributed by atoms with Gasteiger partial charge in [0.05, 0.1) is 10.6 Å². The van der Waals surface area contributed by atoms with Crippen molar-refractivity contribution in [1.29, 1.82) is 0 Å². The maximum absolute atomic E-state index is 12.4. The average Bonchev–Trinajstić information content (AvgIpc) is 2.68. The number of rotatable bonds is 5. The number of nitrogens with one attached hydrogen (secondary N) is 1. The zero-order valence-corrected chi connectivity index (χ0v) is 15.4. The fourth-order valence-corrected chi connectivity index (χ4v) is 3.46. The average molecular weight is 371 g/mol. The molecule has 4 nitrogen and oxygen atoms in total. The summed E-state index contributed by atoms with van der Waals surface area (Å²) < 4.78 is 0. The number of carbonyl (C=O) groups excluding carboxylic acids is 2. The molecule has 1 N–H and O–H groups in total. The largest absolute Gasteiger partial charge is 0.349 e. The highest BCUT2D eigenvalue weighted by atomic mass is 35.5. The van der Waals surface area contributed by atoms with Gasteiger partial charge in [0.15, 0.2) is 0 Å². The third-order valence-corrected chi connectivity index (χ3v) is 5.10. The number of benzene rings is 2. The summed E-state index contributed by atoms with van der Waals surface area (Å²) in [6.07, 6.45) is 2.84. The molecule has 0 radical (unpaired) electrons. The Morgan fingerprint density at radius 1 is 1.00 bits per heavy atom. The number of halogens is 1. The maximum Gasteiger partial charge on any atom is 0.253 e. The van der Waals surface area contributed by atoms with Crippen molar-refractivity contribution >= 4 is 23.4 Å². The van der Waals surface area contributed by atoms with Gasteiger partial charge in [-0.3, -0.25) is 9.59 Å². The molecule has 1 aliphatic rings. The van der Waals surface area contributed by atoms with E-state index >= 15 is 0 Å². The van der Waals surface area contributed by atoms with Crippen LogP contribution in [0.1, 0.15) is 35.2 Å². The number of hydrogen-bond donors (Lipinski definition) is 1. The van der Waals surface area contributed by atoms with E-state index in [0.29, 0.717) is 30.1 Å². The van der Waals surface area contributed by atoms with Crippen molar-refractivity contribution in [3.63, 3.8) is 0 Å². The topological polar surface area (TPSA) is 49.4 Å². The van der Waals surface area contributed by atoms with Crippen LogP contribution in [0.5, 0.6) is 0 Å². The molecule has 2 amide bonds. The lowest BCUT2D eigenvalue weighted by molar-refractivity contribution is -0.132. The molecule has 0 atom stereocenters. The molecular formula is C21H23ClN2O2. The molecule has 0 aromatic heterocycles. The molecule has 0 aliphatic carbocycles. The molecule has 0 bridgehead atoms. The van der Waals surface area contributed by atoms with Crippen LogP contribution in [0.15, 0.2) is 54.6 Å². The molecule has 2 aromatic rings. The van der Waals surface area contributed by atoms with Gasteiger partial charge in [0, 0.05) is 25.6 Å². The third kappa shape index (κ3) is 4.85. The maximum atomic E-state index is 12.4. The van der Waals surface area contributed by atoms with Crippen molar-refractivity contribution in [1.82, 2.24) is 10.2 Å². The Labute approximate surface area is 159 Å². The van der Waals surface area contributed by atoms with E-state index in [9.17, 15) is 9.59 Å². The fraction of sp³-hybridized carbons (Fsp3) is 0.333. The SMILES string of the molecule is O=C(NC1CCN(C(=O)CCc2ccccc2)CC1)c1ccccc1Cl. The molecule has 0 saturated carbocycles. The summed E-state index contributed by atoms with van der Waals surface area (Å²) in [6, 6.07) is 17.2. The van der Waals surface area contributed by atoms with Crippen molar-refractivity contribution in [3.05, 3.63) is 70.7 Å². The fourth-order valence-electron chi connectivity index (χ4n) is 3.24. The number of aryl methyl sites for hydroxylation is 1. The normalized spacial score (nSPS) is 14.9. The number of likely N-dealkylation sites (tertiary alicyclic amines) is 1. The first-order valence-corrected chi connectivity index (χ1v) is 9.38. The molecule has 1 aliphatic heterocycles. The van der Waals surface area contributed by atoms with Gasteiger partial charge in [-0.05, 0) is 37.0 Å². The van der Waals surface area contributed by atoms with E-state index in [1.807, 2.05) is 35.2 Å². The van der Waals surface area contributed by atoms with Gasteiger partial charge in [0.1, 0.15) is 0 Å². The second-order valence-corrected chi connectivity index (χ2v) is 7.00. The first kappa shape index (κ1) is 18.5. The number of amides is 2. The van der Waals surface area contributed by atoms with Crippen LogP contribution in [0.3, 0.4) is 0 Å². The first-order chi connectivity index (χ1) is 12.6. The van der Waals surface area contributed by atoms with Crippen LogP contribution in [0.4, 0.5) is 0 Å². The Balaban J connectivity index is 1.44. The van der Waals surface area contributed by atoms with Gasteiger partial charge in [-0.15, -0.1) is 0 Å². The Kier molecular flexibility index (Phi) is 6.29. The van der Waals surface area contributed by atoms with Crippen LogP contribution >= 0.6 is 11.6 Å². The summed E-state index contributed by atoms with van der Waals surface area (Å²) >= 11 is 6.07. The number of nitrogens with zero attached hydrogens (tertiary/aromatic N) is 1. The molecule has 1 fully saturated rings. The monoisotopic (exact) mass is 370 g/mol. The first-order valence-electron chi connectivity index (χ1n) is 9.00. The summed E-state index contributed by atoms with van der Waals surface area (Å²) in [5, 5.41) is 3.49. The van der Waals surface area contributed by atoms with Gasteiger partial charge in [0.2, 0.25) is 5.91 Å². The van der Waals surface area contributed by atoms with E-state index in [4.69, 9.17) is 11.6 Å². The van der Waals surface area contributed by atoms with E-state index in [-0.39, 0.29) is 17.9 Å². The molecule has 0 spiro atoms. The van der Waals surface area contributed by atoms with Gasteiger partial charge < -0.3 is 10.2 Å². The molecular weight excluding hydrogens is 348 g/mol. The quantitative estimate of drug-likeness (QED) is 0.872. The van der Waals surface area contributed by atoms with Crippen LogP contribution < -0.4 is 5.32 Å². The van der Waals surface area contributed by atoms with Crippen molar-refractivity contribution in [3.8, 4) is 0 Å². The van der Waals surface area contributed by atoms with E-state index in [1.54, 1.807) is 24.3 Å². The highest BCUT2D eigenvalue weighted by molar-refractivity contribution is 6.33. The van der Waals surface area contributed by atoms with Gasteiger partial charge in [-0.1, -0.05) is 54.1 Å². The Bertz CT molecular complexity index is 756. The second kappa shape index (κ2) is 8.86. The van der Waals surface area contributed by atoms with E-state index in [1.165, 1.54) is 5.56 Å². The van der Waals surface area contributed by atoms with Gasteiger partial charge in [-0.2, -0.15) is 0 Å².